The van der Waals surface area contributed by atoms with Crippen LogP contribution in [0.1, 0.15) is 6.42 Å². The molecule has 1 aromatic carbocycles. The summed E-state index contributed by atoms with van der Waals surface area (Å²) < 4.78 is 5.06. The van der Waals surface area contributed by atoms with Gasteiger partial charge in [0.1, 0.15) is 5.75 Å². The first kappa shape index (κ1) is 12.4. The fourth-order valence-corrected chi connectivity index (χ4v) is 2.06. The fraction of sp³-hybridized carbons (Fsp3) is 0.455. The second kappa shape index (κ2) is 6.71. The maximum absolute atomic E-state index is 9.26. The van der Waals surface area contributed by atoms with Gasteiger partial charge in [-0.3, -0.25) is 0 Å². The highest BCUT2D eigenvalue weighted by molar-refractivity contribution is 7.99. The highest BCUT2D eigenvalue weighted by Crippen LogP contribution is 2.22. The molecule has 0 aliphatic rings. The molecule has 0 radical (unpaired) electrons. The third kappa shape index (κ3) is 4.55. The van der Waals surface area contributed by atoms with Gasteiger partial charge in [0.05, 0.1) is 13.2 Å². The molecule has 3 nitrogen and oxygen atoms in total. The Hall–Kier alpha value is -0.710. The number of benzene rings is 1. The van der Waals surface area contributed by atoms with E-state index < -0.39 is 0 Å². The van der Waals surface area contributed by atoms with Crippen molar-refractivity contribution in [3.63, 3.8) is 0 Å². The fourth-order valence-electron chi connectivity index (χ4n) is 1.10. The largest absolute Gasteiger partial charge is 0.497 e. The van der Waals surface area contributed by atoms with Crippen LogP contribution >= 0.6 is 11.8 Å². The molecule has 0 amide bonds. The summed E-state index contributed by atoms with van der Waals surface area (Å²) in [6, 6.07) is 7.89. The Labute approximate surface area is 94.6 Å². The van der Waals surface area contributed by atoms with Crippen LogP contribution in [0.25, 0.3) is 0 Å². The number of rotatable bonds is 6. The van der Waals surface area contributed by atoms with E-state index in [0.717, 1.165) is 17.9 Å². The average Bonchev–Trinajstić information content (AvgIpc) is 2.29. The van der Waals surface area contributed by atoms with Crippen LogP contribution in [0.15, 0.2) is 29.2 Å². The van der Waals surface area contributed by atoms with Crippen LogP contribution in [0.2, 0.25) is 0 Å². The van der Waals surface area contributed by atoms with E-state index in [0.29, 0.717) is 6.54 Å². The maximum Gasteiger partial charge on any atom is 0.118 e. The predicted molar refractivity (Wildman–Crippen MR) is 63.4 cm³/mol. The first-order valence-electron chi connectivity index (χ1n) is 4.91. The molecular weight excluding hydrogens is 210 g/mol. The highest BCUT2D eigenvalue weighted by Gasteiger charge is 2.01. The molecule has 0 heterocycles. The van der Waals surface area contributed by atoms with Gasteiger partial charge < -0.3 is 15.6 Å². The van der Waals surface area contributed by atoms with Crippen molar-refractivity contribution < 1.29 is 9.84 Å². The quantitative estimate of drug-likeness (QED) is 0.723. The van der Waals surface area contributed by atoms with Crippen LogP contribution in [0, 0.1) is 0 Å². The number of aliphatic hydroxyl groups is 1. The number of thioether (sulfide) groups is 1. The topological polar surface area (TPSA) is 55.5 Å². The Balaban J connectivity index is 2.31. The normalized spacial score (nSPS) is 12.5. The Morgan fingerprint density at radius 1 is 1.40 bits per heavy atom. The number of ether oxygens (including phenoxy) is 1. The number of methoxy groups -OCH3 is 1. The monoisotopic (exact) mass is 227 g/mol. The van der Waals surface area contributed by atoms with Crippen molar-refractivity contribution in [2.75, 3.05) is 19.4 Å². The Morgan fingerprint density at radius 3 is 2.60 bits per heavy atom. The highest BCUT2D eigenvalue weighted by atomic mass is 32.2. The summed E-state index contributed by atoms with van der Waals surface area (Å²) in [5.41, 5.74) is 5.31. The van der Waals surface area contributed by atoms with Gasteiger partial charge in [-0.2, -0.15) is 0 Å². The standard InChI is InChI=1S/C11H17NO2S/c1-14-10-2-4-11(5-3-10)15-7-6-9(13)8-12/h2-5,9,13H,6-8,12H2,1H3. The van der Waals surface area contributed by atoms with Gasteiger partial charge in [-0.15, -0.1) is 11.8 Å². The van der Waals surface area contributed by atoms with E-state index in [9.17, 15) is 5.11 Å². The first-order valence-corrected chi connectivity index (χ1v) is 5.90. The number of hydrogen-bond donors (Lipinski definition) is 2. The molecule has 0 fully saturated rings. The molecule has 0 aliphatic heterocycles. The lowest BCUT2D eigenvalue weighted by Crippen LogP contribution is -2.19. The van der Waals surface area contributed by atoms with Crippen LogP contribution in [-0.4, -0.2) is 30.6 Å². The molecule has 0 saturated carbocycles. The molecule has 84 valence electrons. The molecule has 1 atom stereocenters. The van der Waals surface area contributed by atoms with Crippen molar-refractivity contribution in [1.82, 2.24) is 0 Å². The molecule has 15 heavy (non-hydrogen) atoms. The molecule has 1 rings (SSSR count). The molecule has 1 unspecified atom stereocenters. The zero-order chi connectivity index (χ0) is 11.1. The van der Waals surface area contributed by atoms with E-state index in [4.69, 9.17) is 10.5 Å². The van der Waals surface area contributed by atoms with E-state index in [1.165, 1.54) is 4.90 Å². The lowest BCUT2D eigenvalue weighted by atomic mass is 10.3. The van der Waals surface area contributed by atoms with Crippen molar-refractivity contribution >= 4 is 11.8 Å². The third-order valence-corrected chi connectivity index (χ3v) is 3.10. The van der Waals surface area contributed by atoms with E-state index in [1.807, 2.05) is 24.3 Å². The predicted octanol–water partition coefficient (Wildman–Crippen LogP) is 1.50. The molecule has 0 spiro atoms. The summed E-state index contributed by atoms with van der Waals surface area (Å²) in [4.78, 5) is 1.18. The average molecular weight is 227 g/mol. The van der Waals surface area contributed by atoms with Gasteiger partial charge in [0.25, 0.3) is 0 Å². The summed E-state index contributed by atoms with van der Waals surface area (Å²) in [6.07, 6.45) is 0.350. The van der Waals surface area contributed by atoms with Gasteiger partial charge in [0.2, 0.25) is 0 Å². The van der Waals surface area contributed by atoms with E-state index in [2.05, 4.69) is 0 Å². The lowest BCUT2D eigenvalue weighted by molar-refractivity contribution is 0.180. The summed E-state index contributed by atoms with van der Waals surface area (Å²) in [5, 5.41) is 9.26. The van der Waals surface area contributed by atoms with Crippen molar-refractivity contribution in [3.8, 4) is 5.75 Å². The van der Waals surface area contributed by atoms with Gasteiger partial charge >= 0.3 is 0 Å². The van der Waals surface area contributed by atoms with Crippen LogP contribution in [0.3, 0.4) is 0 Å². The van der Waals surface area contributed by atoms with Crippen molar-refractivity contribution in [2.45, 2.75) is 17.4 Å². The van der Waals surface area contributed by atoms with Crippen LogP contribution in [0.4, 0.5) is 0 Å². The minimum atomic E-state index is -0.379. The number of nitrogens with two attached hydrogens (primary N) is 1. The lowest BCUT2D eigenvalue weighted by Gasteiger charge is -2.07. The summed E-state index contributed by atoms with van der Waals surface area (Å²) in [5.74, 6) is 1.74. The summed E-state index contributed by atoms with van der Waals surface area (Å²) >= 11 is 1.71. The summed E-state index contributed by atoms with van der Waals surface area (Å²) in [6.45, 7) is 0.336. The van der Waals surface area contributed by atoms with Gasteiger partial charge in [-0.1, -0.05) is 0 Å². The maximum atomic E-state index is 9.26. The Kier molecular flexibility index (Phi) is 5.53. The van der Waals surface area contributed by atoms with Crippen LogP contribution in [0.5, 0.6) is 5.75 Å². The Morgan fingerprint density at radius 2 is 2.07 bits per heavy atom. The van der Waals surface area contributed by atoms with Crippen LogP contribution in [-0.2, 0) is 0 Å². The second-order valence-electron chi connectivity index (χ2n) is 3.20. The Bertz CT molecular complexity index is 276. The van der Waals surface area contributed by atoms with Gasteiger partial charge in [-0.05, 0) is 30.7 Å². The summed E-state index contributed by atoms with van der Waals surface area (Å²) in [7, 11) is 1.65. The first-order chi connectivity index (χ1) is 7.26. The van der Waals surface area contributed by atoms with Crippen molar-refractivity contribution in [3.05, 3.63) is 24.3 Å². The molecule has 0 aliphatic carbocycles. The van der Waals surface area contributed by atoms with Gasteiger partial charge in [0.15, 0.2) is 0 Å². The molecule has 4 heteroatoms. The molecule has 3 N–H and O–H groups in total. The van der Waals surface area contributed by atoms with E-state index in [-0.39, 0.29) is 6.10 Å². The van der Waals surface area contributed by atoms with E-state index in [1.54, 1.807) is 18.9 Å². The van der Waals surface area contributed by atoms with Gasteiger partial charge in [0, 0.05) is 17.2 Å². The minimum absolute atomic E-state index is 0.336. The zero-order valence-corrected chi connectivity index (χ0v) is 9.67. The van der Waals surface area contributed by atoms with E-state index >= 15 is 0 Å². The number of hydrogen-bond acceptors (Lipinski definition) is 4. The minimum Gasteiger partial charge on any atom is -0.497 e. The molecular formula is C11H17NO2S. The molecule has 0 bridgehead atoms. The van der Waals surface area contributed by atoms with Crippen molar-refractivity contribution in [2.24, 2.45) is 5.73 Å². The molecule has 1 aromatic rings. The smallest absolute Gasteiger partial charge is 0.118 e. The zero-order valence-electron chi connectivity index (χ0n) is 8.85. The van der Waals surface area contributed by atoms with Crippen molar-refractivity contribution in [1.29, 1.82) is 0 Å². The SMILES string of the molecule is COc1ccc(SCCC(O)CN)cc1. The van der Waals surface area contributed by atoms with Gasteiger partial charge in [-0.25, -0.2) is 0 Å². The number of aliphatic hydroxyl groups excluding tert-OH is 1. The van der Waals surface area contributed by atoms with Crippen LogP contribution < -0.4 is 10.5 Å². The second-order valence-corrected chi connectivity index (χ2v) is 4.37. The molecule has 0 saturated heterocycles. The third-order valence-electron chi connectivity index (χ3n) is 2.05. The molecule has 0 aromatic heterocycles.